The molecule has 1 aliphatic carbocycles. The number of H-pyrrole nitrogens is 1. The number of carbonyl (C=O) groups excluding carboxylic acids is 1. The topological polar surface area (TPSA) is 86.4 Å². The molecule has 5 rings (SSSR count). The minimum atomic E-state index is -3.57. The molecule has 3 aromatic rings. The number of pyridine rings is 1. The maximum atomic E-state index is 13.1. The summed E-state index contributed by atoms with van der Waals surface area (Å²) in [4.78, 5) is 22.7. The van der Waals surface area contributed by atoms with Crippen LogP contribution >= 0.6 is 0 Å². The Labute approximate surface area is 200 Å². The molecular weight excluding hydrogens is 448 g/mol. The molecule has 34 heavy (non-hydrogen) atoms. The minimum Gasteiger partial charge on any atom is -0.346 e. The van der Waals surface area contributed by atoms with Crippen molar-refractivity contribution in [2.45, 2.75) is 49.5 Å². The van der Waals surface area contributed by atoms with Gasteiger partial charge in [-0.25, -0.2) is 13.4 Å². The van der Waals surface area contributed by atoms with E-state index in [0.29, 0.717) is 18.7 Å². The summed E-state index contributed by atoms with van der Waals surface area (Å²) < 4.78 is 27.7. The van der Waals surface area contributed by atoms with Crippen molar-refractivity contribution >= 4 is 32.5 Å². The van der Waals surface area contributed by atoms with Gasteiger partial charge in [0.05, 0.1) is 4.90 Å². The number of sulfonamides is 1. The Hall–Kier alpha value is -2.97. The van der Waals surface area contributed by atoms with Gasteiger partial charge in [0.1, 0.15) is 5.65 Å². The Bertz CT molecular complexity index is 1320. The zero-order valence-electron chi connectivity index (χ0n) is 19.4. The number of nitrogens with zero attached hydrogens (tertiary/aromatic N) is 3. The first-order valence-corrected chi connectivity index (χ1v) is 13.4. The average molecular weight is 479 g/mol. The second-order valence-corrected chi connectivity index (χ2v) is 11.2. The van der Waals surface area contributed by atoms with Crippen LogP contribution in [0.1, 0.15) is 54.4 Å². The largest absolute Gasteiger partial charge is 0.346 e. The maximum absolute atomic E-state index is 13.1. The third kappa shape index (κ3) is 4.28. The molecule has 0 radical (unpaired) electrons. The van der Waals surface area contributed by atoms with Crippen LogP contribution in [0, 0.1) is 0 Å². The van der Waals surface area contributed by atoms with Gasteiger partial charge < -0.3 is 9.88 Å². The number of hydrogen-bond donors (Lipinski definition) is 1. The fourth-order valence-electron chi connectivity index (χ4n) is 5.08. The van der Waals surface area contributed by atoms with E-state index in [1.54, 1.807) is 42.4 Å². The van der Waals surface area contributed by atoms with E-state index in [4.69, 9.17) is 0 Å². The van der Waals surface area contributed by atoms with Gasteiger partial charge in [-0.15, -0.1) is 0 Å². The summed E-state index contributed by atoms with van der Waals surface area (Å²) in [5, 5.41) is 1.09. The fourth-order valence-corrected chi connectivity index (χ4v) is 6.49. The second-order valence-electron chi connectivity index (χ2n) is 9.17. The summed E-state index contributed by atoms with van der Waals surface area (Å²) in [5.41, 5.74) is 3.70. The highest BCUT2D eigenvalue weighted by Crippen LogP contribution is 2.29. The summed E-state index contributed by atoms with van der Waals surface area (Å²) in [5.74, 6) is -0.0829. The predicted octanol–water partition coefficient (Wildman–Crippen LogP) is 4.45. The van der Waals surface area contributed by atoms with Crippen LogP contribution in [0.5, 0.6) is 0 Å². The van der Waals surface area contributed by atoms with E-state index in [1.165, 1.54) is 16.3 Å². The van der Waals surface area contributed by atoms with E-state index in [1.807, 2.05) is 18.3 Å². The number of rotatable bonds is 5. The lowest BCUT2D eigenvalue weighted by atomic mass is 9.96. The Kier molecular flexibility index (Phi) is 6.27. The minimum absolute atomic E-state index is 0.0577. The van der Waals surface area contributed by atoms with Crippen LogP contribution in [-0.2, 0) is 10.0 Å². The van der Waals surface area contributed by atoms with E-state index >= 15 is 0 Å². The molecule has 7 nitrogen and oxygen atoms in total. The lowest BCUT2D eigenvalue weighted by Crippen LogP contribution is -2.38. The second kappa shape index (κ2) is 9.35. The molecule has 2 aliphatic rings. The van der Waals surface area contributed by atoms with Crippen LogP contribution in [-0.4, -0.2) is 59.7 Å². The number of fused-ring (bicyclic) bond motifs is 1. The van der Waals surface area contributed by atoms with Crippen molar-refractivity contribution in [3.8, 4) is 0 Å². The van der Waals surface area contributed by atoms with Crippen LogP contribution in [0.2, 0.25) is 0 Å². The van der Waals surface area contributed by atoms with Gasteiger partial charge in [0, 0.05) is 55.1 Å². The summed E-state index contributed by atoms with van der Waals surface area (Å²) >= 11 is 0. The Morgan fingerprint density at radius 1 is 1.12 bits per heavy atom. The highest BCUT2D eigenvalue weighted by atomic mass is 32.2. The van der Waals surface area contributed by atoms with E-state index in [-0.39, 0.29) is 16.8 Å². The first-order valence-electron chi connectivity index (χ1n) is 11.9. The number of hydrogen-bond acceptors (Lipinski definition) is 4. The van der Waals surface area contributed by atoms with Crippen LogP contribution in [0.4, 0.5) is 0 Å². The molecule has 178 valence electrons. The molecular formula is C26H30N4O3S. The third-order valence-electron chi connectivity index (χ3n) is 7.16. The normalized spacial score (nSPS) is 17.8. The van der Waals surface area contributed by atoms with Crippen LogP contribution in [0.25, 0.3) is 16.6 Å². The lowest BCUT2D eigenvalue weighted by molar-refractivity contribution is 0.0773. The van der Waals surface area contributed by atoms with Gasteiger partial charge in [-0.05, 0) is 61.2 Å². The van der Waals surface area contributed by atoms with Gasteiger partial charge in [0.2, 0.25) is 10.0 Å². The zero-order valence-corrected chi connectivity index (χ0v) is 20.2. The molecule has 8 heteroatoms. The van der Waals surface area contributed by atoms with Gasteiger partial charge >= 0.3 is 0 Å². The lowest BCUT2D eigenvalue weighted by Gasteiger charge is -2.30. The summed E-state index contributed by atoms with van der Waals surface area (Å²) in [6, 6.07) is 10.4. The molecule has 0 spiro atoms. The Morgan fingerprint density at radius 2 is 1.88 bits per heavy atom. The highest BCUT2D eigenvalue weighted by Gasteiger charge is 2.29. The molecule has 1 aliphatic heterocycles. The Balaban J connectivity index is 1.27. The summed E-state index contributed by atoms with van der Waals surface area (Å²) in [6.45, 7) is 1.13. The quantitative estimate of drug-likeness (QED) is 0.587. The number of benzene rings is 1. The molecule has 1 N–H and O–H groups in total. The van der Waals surface area contributed by atoms with Crippen molar-refractivity contribution in [2.75, 3.05) is 20.1 Å². The van der Waals surface area contributed by atoms with E-state index < -0.39 is 10.0 Å². The van der Waals surface area contributed by atoms with Gasteiger partial charge in [-0.1, -0.05) is 25.3 Å². The van der Waals surface area contributed by atoms with Crippen LogP contribution < -0.4 is 0 Å². The van der Waals surface area contributed by atoms with Gasteiger partial charge in [-0.2, -0.15) is 4.31 Å². The number of nitrogens with one attached hydrogen (secondary N) is 1. The van der Waals surface area contributed by atoms with E-state index in [2.05, 4.69) is 16.0 Å². The van der Waals surface area contributed by atoms with Gasteiger partial charge in [-0.3, -0.25) is 4.79 Å². The maximum Gasteiger partial charge on any atom is 0.254 e. The number of aromatic nitrogens is 2. The van der Waals surface area contributed by atoms with Crippen molar-refractivity contribution < 1.29 is 13.2 Å². The van der Waals surface area contributed by atoms with E-state index in [9.17, 15) is 13.2 Å². The van der Waals surface area contributed by atoms with Crippen LogP contribution in [0.3, 0.4) is 0 Å². The Morgan fingerprint density at radius 3 is 2.59 bits per heavy atom. The summed E-state index contributed by atoms with van der Waals surface area (Å²) in [6.07, 6.45) is 11.7. The van der Waals surface area contributed by atoms with Crippen molar-refractivity contribution in [3.63, 3.8) is 0 Å². The standard InChI is InChI=1S/C26H30N4O3S/c1-29(21-6-3-2-4-7-21)34(32,33)22-11-9-20(10-12-22)26(31)30-16-13-19(14-17-30)24-18-28-25-23(24)8-5-15-27-25/h5,8-13,15,18,21H,2-4,6-7,14,16-17H2,1H3,(H,27,28). The van der Waals surface area contributed by atoms with Crippen molar-refractivity contribution in [3.05, 3.63) is 66.0 Å². The summed E-state index contributed by atoms with van der Waals surface area (Å²) in [7, 11) is -1.89. The molecule has 1 saturated carbocycles. The number of amides is 1. The van der Waals surface area contributed by atoms with Crippen molar-refractivity contribution in [1.82, 2.24) is 19.2 Å². The molecule has 0 saturated heterocycles. The monoisotopic (exact) mass is 478 g/mol. The molecule has 2 aromatic heterocycles. The smallest absolute Gasteiger partial charge is 0.254 e. The number of carbonyl (C=O) groups is 1. The molecule has 1 fully saturated rings. The molecule has 0 bridgehead atoms. The SMILES string of the molecule is CN(C1CCCCC1)S(=O)(=O)c1ccc(C(=O)N2CC=C(c3c[nH]c4ncccc34)CC2)cc1. The molecule has 1 aromatic carbocycles. The van der Waals surface area contributed by atoms with Crippen LogP contribution in [0.15, 0.2) is 59.8 Å². The molecule has 3 heterocycles. The van der Waals surface area contributed by atoms with Gasteiger partial charge in [0.15, 0.2) is 0 Å². The zero-order chi connectivity index (χ0) is 23.7. The van der Waals surface area contributed by atoms with Crippen molar-refractivity contribution in [2.24, 2.45) is 0 Å². The third-order valence-corrected chi connectivity index (χ3v) is 9.08. The molecule has 1 amide bonds. The first kappa shape index (κ1) is 22.8. The average Bonchev–Trinajstić information content (AvgIpc) is 3.33. The first-order chi connectivity index (χ1) is 16.4. The molecule has 0 atom stereocenters. The molecule has 0 unspecified atom stereocenters. The predicted molar refractivity (Wildman–Crippen MR) is 133 cm³/mol. The van der Waals surface area contributed by atoms with Crippen molar-refractivity contribution in [1.29, 1.82) is 0 Å². The fraction of sp³-hybridized carbons (Fsp3) is 0.385. The van der Waals surface area contributed by atoms with Gasteiger partial charge in [0.25, 0.3) is 5.91 Å². The van der Waals surface area contributed by atoms with E-state index in [0.717, 1.165) is 48.7 Å². The highest BCUT2D eigenvalue weighted by molar-refractivity contribution is 7.89. The number of aromatic amines is 1.